The van der Waals surface area contributed by atoms with Crippen molar-refractivity contribution in [1.29, 1.82) is 0 Å². The number of hydrogen-bond acceptors (Lipinski definition) is 3. The largest absolute Gasteiger partial charge is 0.495 e. The van der Waals surface area contributed by atoms with Crippen LogP contribution in [0, 0.1) is 5.82 Å². The lowest BCUT2D eigenvalue weighted by Gasteiger charge is -2.07. The molecule has 1 aromatic heterocycles. The number of nitrogens with zero attached hydrogens (tertiary/aromatic N) is 2. The molecule has 17 heavy (non-hydrogen) atoms. The predicted molar refractivity (Wildman–Crippen MR) is 64.6 cm³/mol. The molecule has 0 unspecified atom stereocenters. The van der Waals surface area contributed by atoms with Crippen LogP contribution in [0.4, 0.5) is 10.2 Å². The molecule has 0 aliphatic carbocycles. The van der Waals surface area contributed by atoms with Gasteiger partial charge in [-0.1, -0.05) is 11.6 Å². The monoisotopic (exact) mass is 255 g/mol. The van der Waals surface area contributed by atoms with Crippen molar-refractivity contribution >= 4 is 17.4 Å². The number of benzene rings is 1. The van der Waals surface area contributed by atoms with Gasteiger partial charge in [-0.05, 0) is 17.7 Å². The molecule has 2 aromatic rings. The third-order valence-electron chi connectivity index (χ3n) is 2.51. The van der Waals surface area contributed by atoms with E-state index in [0.717, 1.165) is 0 Å². The molecule has 2 N–H and O–H groups in total. The first-order valence-corrected chi connectivity index (χ1v) is 5.23. The molecule has 0 atom stereocenters. The van der Waals surface area contributed by atoms with E-state index in [1.165, 1.54) is 17.9 Å². The topological polar surface area (TPSA) is 53.1 Å². The van der Waals surface area contributed by atoms with Gasteiger partial charge in [0.1, 0.15) is 22.4 Å². The second-order valence-electron chi connectivity index (χ2n) is 3.54. The number of nitrogen functional groups attached to an aromatic ring is 1. The average Bonchev–Trinajstić information content (AvgIpc) is 2.64. The van der Waals surface area contributed by atoms with Crippen LogP contribution in [0.1, 0.15) is 0 Å². The van der Waals surface area contributed by atoms with Gasteiger partial charge in [0.2, 0.25) is 0 Å². The fourth-order valence-corrected chi connectivity index (χ4v) is 1.72. The highest BCUT2D eigenvalue weighted by molar-refractivity contribution is 6.32. The summed E-state index contributed by atoms with van der Waals surface area (Å²) in [5.41, 5.74) is 7.04. The molecule has 1 heterocycles. The SMILES string of the molecule is COc1cc(-c2cnn(C)c2N)cc(F)c1Cl. The Morgan fingerprint density at radius 2 is 2.18 bits per heavy atom. The van der Waals surface area contributed by atoms with E-state index in [-0.39, 0.29) is 10.8 Å². The van der Waals surface area contributed by atoms with Gasteiger partial charge in [-0.2, -0.15) is 5.10 Å². The number of methoxy groups -OCH3 is 1. The van der Waals surface area contributed by atoms with E-state index >= 15 is 0 Å². The van der Waals surface area contributed by atoms with E-state index in [0.29, 0.717) is 16.9 Å². The molecular weight excluding hydrogens is 245 g/mol. The lowest BCUT2D eigenvalue weighted by atomic mass is 10.1. The Morgan fingerprint density at radius 1 is 1.47 bits per heavy atom. The standard InChI is InChI=1S/C11H11ClFN3O/c1-16-11(14)7(5-15-16)6-3-8(13)10(12)9(4-6)17-2/h3-5H,14H2,1-2H3. The van der Waals surface area contributed by atoms with Gasteiger partial charge in [0, 0.05) is 12.6 Å². The highest BCUT2D eigenvalue weighted by atomic mass is 35.5. The summed E-state index contributed by atoms with van der Waals surface area (Å²) in [5, 5.41) is 3.95. The summed E-state index contributed by atoms with van der Waals surface area (Å²) in [5.74, 6) is 0.169. The maximum atomic E-state index is 13.6. The second kappa shape index (κ2) is 4.25. The fourth-order valence-electron chi connectivity index (χ4n) is 1.54. The maximum absolute atomic E-state index is 13.6. The molecule has 6 heteroatoms. The number of hydrogen-bond donors (Lipinski definition) is 1. The number of aryl methyl sites for hydroxylation is 1. The van der Waals surface area contributed by atoms with Crippen molar-refractivity contribution in [2.24, 2.45) is 7.05 Å². The van der Waals surface area contributed by atoms with Crippen LogP contribution in [0.5, 0.6) is 5.75 Å². The van der Waals surface area contributed by atoms with Gasteiger partial charge >= 0.3 is 0 Å². The number of rotatable bonds is 2. The Balaban J connectivity index is 2.61. The Hall–Kier alpha value is -1.75. The van der Waals surface area contributed by atoms with Crippen molar-refractivity contribution in [2.45, 2.75) is 0 Å². The Labute approximate surface area is 103 Å². The van der Waals surface area contributed by atoms with Gasteiger partial charge in [0.05, 0.1) is 13.3 Å². The molecule has 0 saturated heterocycles. The second-order valence-corrected chi connectivity index (χ2v) is 3.92. The molecule has 0 aliphatic rings. The Morgan fingerprint density at radius 3 is 2.71 bits per heavy atom. The van der Waals surface area contributed by atoms with Gasteiger partial charge < -0.3 is 10.5 Å². The molecule has 1 aromatic carbocycles. The van der Waals surface area contributed by atoms with Gasteiger partial charge in [0.25, 0.3) is 0 Å². The molecule has 2 rings (SSSR count). The molecule has 90 valence electrons. The summed E-state index contributed by atoms with van der Waals surface area (Å²) in [6.07, 6.45) is 1.57. The normalized spacial score (nSPS) is 10.6. The van der Waals surface area contributed by atoms with Gasteiger partial charge in [-0.3, -0.25) is 4.68 Å². The van der Waals surface area contributed by atoms with Crippen molar-refractivity contribution in [3.63, 3.8) is 0 Å². The third-order valence-corrected chi connectivity index (χ3v) is 2.88. The van der Waals surface area contributed by atoms with Crippen LogP contribution in [0.2, 0.25) is 5.02 Å². The number of halogens is 2. The first-order valence-electron chi connectivity index (χ1n) is 4.85. The van der Waals surface area contributed by atoms with Crippen LogP contribution in [0.15, 0.2) is 18.3 Å². The third kappa shape index (κ3) is 1.93. The first kappa shape index (κ1) is 11.7. The number of aromatic nitrogens is 2. The summed E-state index contributed by atoms with van der Waals surface area (Å²) in [4.78, 5) is 0. The molecule has 0 saturated carbocycles. The van der Waals surface area contributed by atoms with Crippen molar-refractivity contribution in [1.82, 2.24) is 9.78 Å². The zero-order valence-corrected chi connectivity index (χ0v) is 10.1. The van der Waals surface area contributed by atoms with E-state index in [1.807, 2.05) is 0 Å². The van der Waals surface area contributed by atoms with Gasteiger partial charge in [-0.15, -0.1) is 0 Å². The van der Waals surface area contributed by atoms with Crippen LogP contribution in [0.3, 0.4) is 0 Å². The maximum Gasteiger partial charge on any atom is 0.146 e. The van der Waals surface area contributed by atoms with Crippen LogP contribution >= 0.6 is 11.6 Å². The minimum absolute atomic E-state index is 0.0429. The zero-order valence-electron chi connectivity index (χ0n) is 9.37. The Kier molecular flexibility index (Phi) is 2.93. The van der Waals surface area contributed by atoms with E-state index in [4.69, 9.17) is 22.1 Å². The van der Waals surface area contributed by atoms with E-state index in [2.05, 4.69) is 5.10 Å². The highest BCUT2D eigenvalue weighted by Crippen LogP contribution is 2.34. The average molecular weight is 256 g/mol. The lowest BCUT2D eigenvalue weighted by Crippen LogP contribution is -1.98. The van der Waals surface area contributed by atoms with Crippen LogP contribution in [-0.2, 0) is 7.05 Å². The molecule has 0 radical (unpaired) electrons. The molecule has 4 nitrogen and oxygen atoms in total. The summed E-state index contributed by atoms with van der Waals surface area (Å²) in [6.45, 7) is 0. The molecule has 0 amide bonds. The van der Waals surface area contributed by atoms with Gasteiger partial charge in [0.15, 0.2) is 0 Å². The number of nitrogens with two attached hydrogens (primary N) is 1. The molecule has 0 fully saturated rings. The van der Waals surface area contributed by atoms with Crippen molar-refractivity contribution in [3.8, 4) is 16.9 Å². The predicted octanol–water partition coefficient (Wildman–Crippen LogP) is 2.47. The van der Waals surface area contributed by atoms with Crippen molar-refractivity contribution in [3.05, 3.63) is 29.2 Å². The minimum Gasteiger partial charge on any atom is -0.495 e. The van der Waals surface area contributed by atoms with Crippen molar-refractivity contribution < 1.29 is 9.13 Å². The van der Waals surface area contributed by atoms with Gasteiger partial charge in [-0.25, -0.2) is 4.39 Å². The first-order chi connectivity index (χ1) is 8.04. The summed E-state index contributed by atoms with van der Waals surface area (Å²) in [7, 11) is 3.14. The lowest BCUT2D eigenvalue weighted by molar-refractivity contribution is 0.412. The molecular formula is C11H11ClFN3O. The summed E-state index contributed by atoms with van der Waals surface area (Å²) in [6, 6.07) is 2.93. The minimum atomic E-state index is -0.552. The summed E-state index contributed by atoms with van der Waals surface area (Å²) < 4.78 is 20.1. The van der Waals surface area contributed by atoms with E-state index < -0.39 is 5.82 Å². The van der Waals surface area contributed by atoms with Crippen LogP contribution < -0.4 is 10.5 Å². The molecule has 0 spiro atoms. The fraction of sp³-hybridized carbons (Fsp3) is 0.182. The van der Waals surface area contributed by atoms with E-state index in [9.17, 15) is 4.39 Å². The Bertz CT molecular complexity index is 568. The quantitative estimate of drug-likeness (QED) is 0.897. The highest BCUT2D eigenvalue weighted by Gasteiger charge is 2.14. The smallest absolute Gasteiger partial charge is 0.146 e. The number of ether oxygens (including phenoxy) is 1. The number of anilines is 1. The van der Waals surface area contributed by atoms with Crippen LogP contribution in [-0.4, -0.2) is 16.9 Å². The molecule has 0 aliphatic heterocycles. The molecule has 0 bridgehead atoms. The van der Waals surface area contributed by atoms with Crippen molar-refractivity contribution in [2.75, 3.05) is 12.8 Å². The van der Waals surface area contributed by atoms with Crippen LogP contribution in [0.25, 0.3) is 11.1 Å². The van der Waals surface area contributed by atoms with E-state index in [1.54, 1.807) is 19.3 Å². The summed E-state index contributed by atoms with van der Waals surface area (Å²) >= 11 is 5.75. The zero-order chi connectivity index (χ0) is 12.6.